The van der Waals surface area contributed by atoms with Gasteiger partial charge in [-0.1, -0.05) is 6.92 Å². The Labute approximate surface area is 110 Å². The van der Waals surface area contributed by atoms with Crippen molar-refractivity contribution >= 4 is 27.6 Å². The maximum atomic E-state index is 4.37. The smallest absolute Gasteiger partial charge is 0.148 e. The topological polar surface area (TPSA) is 44.3 Å². The molecule has 1 N–H and O–H groups in total. The first-order valence-electron chi connectivity index (χ1n) is 5.91. The summed E-state index contributed by atoms with van der Waals surface area (Å²) in [7, 11) is 1.87. The van der Waals surface area contributed by atoms with Crippen LogP contribution >= 0.6 is 15.9 Å². The normalized spacial score (nSPS) is 17.2. The van der Waals surface area contributed by atoms with Crippen LogP contribution in [0.1, 0.15) is 6.92 Å². The quantitative estimate of drug-likeness (QED) is 0.915. The molecule has 0 saturated carbocycles. The van der Waals surface area contributed by atoms with Crippen LogP contribution in [0.2, 0.25) is 0 Å². The Morgan fingerprint density at radius 3 is 2.59 bits per heavy atom. The van der Waals surface area contributed by atoms with Gasteiger partial charge in [0.25, 0.3) is 0 Å². The molecule has 1 aromatic heterocycles. The monoisotopic (exact) mass is 299 g/mol. The van der Waals surface area contributed by atoms with Gasteiger partial charge in [-0.15, -0.1) is 0 Å². The van der Waals surface area contributed by atoms with Crippen molar-refractivity contribution in [1.82, 2.24) is 14.9 Å². The van der Waals surface area contributed by atoms with Crippen LogP contribution in [0, 0.1) is 0 Å². The highest BCUT2D eigenvalue weighted by Gasteiger charge is 2.20. The van der Waals surface area contributed by atoms with Crippen LogP contribution in [-0.2, 0) is 0 Å². The first-order chi connectivity index (χ1) is 8.26. The summed E-state index contributed by atoms with van der Waals surface area (Å²) >= 11 is 3.57. The highest BCUT2D eigenvalue weighted by Crippen LogP contribution is 2.29. The van der Waals surface area contributed by atoms with Gasteiger partial charge in [0.15, 0.2) is 0 Å². The van der Waals surface area contributed by atoms with Crippen molar-refractivity contribution in [2.75, 3.05) is 50.0 Å². The molecule has 1 fully saturated rings. The molecule has 0 unspecified atom stereocenters. The molecule has 1 aromatic rings. The summed E-state index contributed by atoms with van der Waals surface area (Å²) in [4.78, 5) is 13.3. The van der Waals surface area contributed by atoms with Crippen LogP contribution in [0.4, 0.5) is 11.6 Å². The second-order valence-electron chi connectivity index (χ2n) is 4.03. The number of hydrogen-bond acceptors (Lipinski definition) is 5. The van der Waals surface area contributed by atoms with Crippen molar-refractivity contribution in [3.8, 4) is 0 Å². The van der Waals surface area contributed by atoms with E-state index in [1.54, 1.807) is 6.33 Å². The van der Waals surface area contributed by atoms with Crippen molar-refractivity contribution in [3.63, 3.8) is 0 Å². The van der Waals surface area contributed by atoms with Gasteiger partial charge in [-0.25, -0.2) is 9.97 Å². The van der Waals surface area contributed by atoms with Gasteiger partial charge in [0.2, 0.25) is 0 Å². The average Bonchev–Trinajstić information content (AvgIpc) is 2.39. The fourth-order valence-corrected chi connectivity index (χ4v) is 2.68. The predicted octanol–water partition coefficient (Wildman–Crippen LogP) is 1.42. The van der Waals surface area contributed by atoms with E-state index >= 15 is 0 Å². The van der Waals surface area contributed by atoms with Crippen LogP contribution in [-0.4, -0.2) is 54.6 Å². The maximum Gasteiger partial charge on any atom is 0.148 e. The van der Waals surface area contributed by atoms with E-state index in [1.807, 2.05) is 7.05 Å². The van der Waals surface area contributed by atoms with Crippen LogP contribution in [0.15, 0.2) is 10.8 Å². The van der Waals surface area contributed by atoms with Crippen LogP contribution in [0.3, 0.4) is 0 Å². The van der Waals surface area contributed by atoms with Gasteiger partial charge in [0, 0.05) is 33.2 Å². The molecule has 0 atom stereocenters. The molecular weight excluding hydrogens is 282 g/mol. The summed E-state index contributed by atoms with van der Waals surface area (Å²) < 4.78 is 0.951. The van der Waals surface area contributed by atoms with E-state index in [1.165, 1.54) is 0 Å². The molecule has 5 nitrogen and oxygen atoms in total. The number of hydrogen-bond donors (Lipinski definition) is 1. The van der Waals surface area contributed by atoms with Crippen LogP contribution < -0.4 is 10.2 Å². The van der Waals surface area contributed by atoms with Crippen LogP contribution in [0.5, 0.6) is 0 Å². The number of anilines is 2. The minimum atomic E-state index is 0.841. The van der Waals surface area contributed by atoms with E-state index in [0.717, 1.165) is 48.8 Å². The van der Waals surface area contributed by atoms with Gasteiger partial charge in [-0.3, -0.25) is 0 Å². The zero-order valence-electron chi connectivity index (χ0n) is 10.3. The summed E-state index contributed by atoms with van der Waals surface area (Å²) in [6.45, 7) is 7.57. The van der Waals surface area contributed by atoms with Crippen molar-refractivity contribution < 1.29 is 0 Å². The predicted molar refractivity (Wildman–Crippen MR) is 73.6 cm³/mol. The van der Waals surface area contributed by atoms with E-state index in [9.17, 15) is 0 Å². The lowest BCUT2D eigenvalue weighted by Gasteiger charge is -2.35. The molecule has 0 aliphatic carbocycles. The van der Waals surface area contributed by atoms with Gasteiger partial charge < -0.3 is 15.1 Å². The SMILES string of the molecule is CCN1CCN(c2ncnc(NC)c2Br)CC1. The Hall–Kier alpha value is -0.880. The molecule has 0 spiro atoms. The molecule has 17 heavy (non-hydrogen) atoms. The van der Waals surface area contributed by atoms with Crippen molar-refractivity contribution in [1.29, 1.82) is 0 Å². The molecule has 2 heterocycles. The highest BCUT2D eigenvalue weighted by molar-refractivity contribution is 9.10. The molecule has 0 amide bonds. The minimum Gasteiger partial charge on any atom is -0.372 e. The maximum absolute atomic E-state index is 4.37. The van der Waals surface area contributed by atoms with Crippen molar-refractivity contribution in [2.24, 2.45) is 0 Å². The van der Waals surface area contributed by atoms with E-state index in [2.05, 4.69) is 47.9 Å². The number of rotatable bonds is 3. The summed E-state index contributed by atoms with van der Waals surface area (Å²) in [5, 5.41) is 3.06. The number of likely N-dealkylation sites (N-methyl/N-ethyl adjacent to an activating group) is 1. The van der Waals surface area contributed by atoms with Gasteiger partial charge in [-0.2, -0.15) is 0 Å². The van der Waals surface area contributed by atoms with Crippen LogP contribution in [0.25, 0.3) is 0 Å². The van der Waals surface area contributed by atoms with E-state index in [-0.39, 0.29) is 0 Å². The summed E-state index contributed by atoms with van der Waals surface area (Å²) in [6.07, 6.45) is 1.61. The Morgan fingerprint density at radius 2 is 2.00 bits per heavy atom. The molecule has 0 radical (unpaired) electrons. The number of piperazine rings is 1. The Balaban J connectivity index is 2.13. The average molecular weight is 300 g/mol. The Morgan fingerprint density at radius 1 is 1.29 bits per heavy atom. The van der Waals surface area contributed by atoms with Crippen molar-refractivity contribution in [3.05, 3.63) is 10.8 Å². The standard InChI is InChI=1S/C11H18BrN5/c1-3-16-4-6-17(7-5-16)11-9(12)10(13-2)14-8-15-11/h8H,3-7H2,1-2H3,(H,13,14,15). The Kier molecular flexibility index (Phi) is 4.17. The second-order valence-corrected chi connectivity index (χ2v) is 4.82. The zero-order chi connectivity index (χ0) is 12.3. The van der Waals surface area contributed by atoms with E-state index in [4.69, 9.17) is 0 Å². The largest absolute Gasteiger partial charge is 0.372 e. The zero-order valence-corrected chi connectivity index (χ0v) is 11.9. The lowest BCUT2D eigenvalue weighted by atomic mass is 10.3. The molecular formula is C11H18BrN5. The number of halogens is 1. The molecule has 0 aromatic carbocycles. The second kappa shape index (κ2) is 5.64. The van der Waals surface area contributed by atoms with Gasteiger partial charge in [0.1, 0.15) is 22.4 Å². The van der Waals surface area contributed by atoms with E-state index < -0.39 is 0 Å². The lowest BCUT2D eigenvalue weighted by Crippen LogP contribution is -2.46. The van der Waals surface area contributed by atoms with Gasteiger partial charge >= 0.3 is 0 Å². The van der Waals surface area contributed by atoms with E-state index in [0.29, 0.717) is 0 Å². The first kappa shape index (κ1) is 12.6. The number of aromatic nitrogens is 2. The molecule has 94 valence electrons. The molecule has 6 heteroatoms. The molecule has 1 aliphatic rings. The highest BCUT2D eigenvalue weighted by atomic mass is 79.9. The summed E-state index contributed by atoms with van der Waals surface area (Å²) in [5.41, 5.74) is 0. The lowest BCUT2D eigenvalue weighted by molar-refractivity contribution is 0.270. The third kappa shape index (κ3) is 2.69. The molecule has 1 aliphatic heterocycles. The number of nitrogens with one attached hydrogen (secondary N) is 1. The third-order valence-corrected chi connectivity index (χ3v) is 3.86. The minimum absolute atomic E-state index is 0.841. The summed E-state index contributed by atoms with van der Waals surface area (Å²) in [6, 6.07) is 0. The molecule has 0 bridgehead atoms. The van der Waals surface area contributed by atoms with Gasteiger partial charge in [0.05, 0.1) is 0 Å². The summed E-state index contributed by atoms with van der Waals surface area (Å²) in [5.74, 6) is 1.83. The molecule has 2 rings (SSSR count). The first-order valence-corrected chi connectivity index (χ1v) is 6.71. The fourth-order valence-electron chi connectivity index (χ4n) is 2.03. The molecule has 1 saturated heterocycles. The van der Waals surface area contributed by atoms with Gasteiger partial charge in [-0.05, 0) is 22.5 Å². The Bertz CT molecular complexity index is 376. The third-order valence-electron chi connectivity index (χ3n) is 3.13. The number of nitrogens with zero attached hydrogens (tertiary/aromatic N) is 4. The van der Waals surface area contributed by atoms with Crippen molar-refractivity contribution in [2.45, 2.75) is 6.92 Å². The fraction of sp³-hybridized carbons (Fsp3) is 0.636.